The van der Waals surface area contributed by atoms with Crippen molar-refractivity contribution in [1.82, 2.24) is 0 Å². The molecule has 4 heteroatoms. The Morgan fingerprint density at radius 1 is 0.889 bits per heavy atom. The fourth-order valence-electron chi connectivity index (χ4n) is 1.68. The zero-order valence-electron chi connectivity index (χ0n) is 9.61. The average Bonchev–Trinajstić information content (AvgIpc) is 2.39. The summed E-state index contributed by atoms with van der Waals surface area (Å²) < 4.78 is 2.07. The molecule has 0 bridgehead atoms. The number of hydrogen-bond donors (Lipinski definition) is 2. The summed E-state index contributed by atoms with van der Waals surface area (Å²) in [4.78, 5) is 0. The molecule has 1 atom stereocenters. The highest BCUT2D eigenvalue weighted by molar-refractivity contribution is 9.10. The summed E-state index contributed by atoms with van der Waals surface area (Å²) in [7, 11) is 0. The van der Waals surface area contributed by atoms with Crippen LogP contribution in [-0.4, -0.2) is 11.7 Å². The highest BCUT2D eigenvalue weighted by atomic mass is 79.9. The van der Waals surface area contributed by atoms with E-state index < -0.39 is 0 Å². The van der Waals surface area contributed by atoms with E-state index in [9.17, 15) is 5.11 Å². The first-order chi connectivity index (χ1) is 8.69. The van der Waals surface area contributed by atoms with Crippen molar-refractivity contribution in [3.05, 3.63) is 63.0 Å². The molecular formula is C14H13Br2NO. The fourth-order valence-corrected chi connectivity index (χ4v) is 2.21. The molecule has 94 valence electrons. The van der Waals surface area contributed by atoms with Crippen LogP contribution in [0.5, 0.6) is 0 Å². The molecule has 0 aliphatic heterocycles. The van der Waals surface area contributed by atoms with Gasteiger partial charge in [0.15, 0.2) is 0 Å². The van der Waals surface area contributed by atoms with Gasteiger partial charge in [-0.3, -0.25) is 0 Å². The maximum atomic E-state index is 9.48. The molecule has 0 aliphatic rings. The molecule has 0 fully saturated rings. The van der Waals surface area contributed by atoms with Crippen molar-refractivity contribution < 1.29 is 5.11 Å². The zero-order chi connectivity index (χ0) is 13.0. The minimum atomic E-state index is -0.0979. The minimum absolute atomic E-state index is 0.0533. The summed E-state index contributed by atoms with van der Waals surface area (Å²) in [6.45, 7) is 0.0533. The Kier molecular flexibility index (Phi) is 4.80. The van der Waals surface area contributed by atoms with Gasteiger partial charge in [-0.05, 0) is 42.0 Å². The number of rotatable bonds is 4. The largest absolute Gasteiger partial charge is 0.394 e. The molecule has 0 spiro atoms. The van der Waals surface area contributed by atoms with E-state index in [2.05, 4.69) is 37.2 Å². The molecule has 2 N–H and O–H groups in total. The van der Waals surface area contributed by atoms with Gasteiger partial charge < -0.3 is 10.4 Å². The number of aliphatic hydroxyl groups excluding tert-OH is 1. The molecule has 0 radical (unpaired) electrons. The van der Waals surface area contributed by atoms with Gasteiger partial charge in [-0.1, -0.05) is 44.0 Å². The smallest absolute Gasteiger partial charge is 0.0745 e. The van der Waals surface area contributed by atoms with Crippen LogP contribution in [0.4, 0.5) is 5.69 Å². The minimum Gasteiger partial charge on any atom is -0.394 e. The average molecular weight is 371 g/mol. The monoisotopic (exact) mass is 369 g/mol. The van der Waals surface area contributed by atoms with Gasteiger partial charge in [0, 0.05) is 14.6 Å². The van der Waals surface area contributed by atoms with E-state index in [4.69, 9.17) is 0 Å². The topological polar surface area (TPSA) is 32.3 Å². The van der Waals surface area contributed by atoms with Crippen molar-refractivity contribution in [1.29, 1.82) is 0 Å². The van der Waals surface area contributed by atoms with Crippen LogP contribution in [0.25, 0.3) is 0 Å². The Labute approximate surface area is 123 Å². The standard InChI is InChI=1S/C14H13Br2NO/c15-11-3-1-10(2-4-11)14(9-18)17-13-7-5-12(16)6-8-13/h1-8,14,17-18H,9H2. The Morgan fingerprint density at radius 2 is 1.39 bits per heavy atom. The quantitative estimate of drug-likeness (QED) is 0.838. The van der Waals surface area contributed by atoms with Gasteiger partial charge in [0.05, 0.1) is 12.6 Å². The van der Waals surface area contributed by atoms with Crippen LogP contribution < -0.4 is 5.32 Å². The van der Waals surface area contributed by atoms with Crippen LogP contribution in [0, 0.1) is 0 Å². The van der Waals surface area contributed by atoms with Gasteiger partial charge in [-0.15, -0.1) is 0 Å². The van der Waals surface area contributed by atoms with E-state index in [1.807, 2.05) is 48.5 Å². The van der Waals surface area contributed by atoms with Crippen LogP contribution in [0.2, 0.25) is 0 Å². The van der Waals surface area contributed by atoms with Gasteiger partial charge in [0.1, 0.15) is 0 Å². The van der Waals surface area contributed by atoms with Crippen LogP contribution in [0.15, 0.2) is 57.5 Å². The lowest BCUT2D eigenvalue weighted by molar-refractivity contribution is 0.276. The molecular weight excluding hydrogens is 358 g/mol. The van der Waals surface area contributed by atoms with Crippen molar-refractivity contribution in [2.45, 2.75) is 6.04 Å². The molecule has 18 heavy (non-hydrogen) atoms. The number of nitrogens with one attached hydrogen (secondary N) is 1. The number of anilines is 1. The van der Waals surface area contributed by atoms with Crippen molar-refractivity contribution in [3.63, 3.8) is 0 Å². The second-order valence-corrected chi connectivity index (χ2v) is 5.77. The second kappa shape index (κ2) is 6.36. The van der Waals surface area contributed by atoms with E-state index in [1.165, 1.54) is 0 Å². The van der Waals surface area contributed by atoms with Crippen molar-refractivity contribution in [3.8, 4) is 0 Å². The summed E-state index contributed by atoms with van der Waals surface area (Å²) in [6.07, 6.45) is 0. The molecule has 0 amide bonds. The Morgan fingerprint density at radius 3 is 1.89 bits per heavy atom. The zero-order valence-corrected chi connectivity index (χ0v) is 12.8. The molecule has 0 saturated carbocycles. The van der Waals surface area contributed by atoms with E-state index in [0.29, 0.717) is 0 Å². The first-order valence-electron chi connectivity index (χ1n) is 5.57. The third-order valence-corrected chi connectivity index (χ3v) is 3.70. The molecule has 2 rings (SSSR count). The van der Waals surface area contributed by atoms with E-state index >= 15 is 0 Å². The molecule has 2 aromatic rings. The van der Waals surface area contributed by atoms with Crippen molar-refractivity contribution in [2.75, 3.05) is 11.9 Å². The first kappa shape index (κ1) is 13.6. The molecule has 0 aliphatic carbocycles. The SMILES string of the molecule is OCC(Nc1ccc(Br)cc1)c1ccc(Br)cc1. The number of hydrogen-bond acceptors (Lipinski definition) is 2. The maximum absolute atomic E-state index is 9.48. The lowest BCUT2D eigenvalue weighted by atomic mass is 10.1. The first-order valence-corrected chi connectivity index (χ1v) is 7.16. The van der Waals surface area contributed by atoms with E-state index in [0.717, 1.165) is 20.2 Å². The summed E-state index contributed by atoms with van der Waals surface area (Å²) in [5, 5.41) is 12.8. The lowest BCUT2D eigenvalue weighted by Crippen LogP contribution is -2.14. The molecule has 2 nitrogen and oxygen atoms in total. The number of benzene rings is 2. The molecule has 2 aromatic carbocycles. The van der Waals surface area contributed by atoms with Crippen LogP contribution in [-0.2, 0) is 0 Å². The fraction of sp³-hybridized carbons (Fsp3) is 0.143. The Hall–Kier alpha value is -0.840. The van der Waals surface area contributed by atoms with Gasteiger partial charge in [0.2, 0.25) is 0 Å². The lowest BCUT2D eigenvalue weighted by Gasteiger charge is -2.18. The van der Waals surface area contributed by atoms with E-state index in [1.54, 1.807) is 0 Å². The summed E-state index contributed by atoms with van der Waals surface area (Å²) in [6, 6.07) is 15.7. The third kappa shape index (κ3) is 3.57. The number of halogens is 2. The summed E-state index contributed by atoms with van der Waals surface area (Å²) in [5.74, 6) is 0. The maximum Gasteiger partial charge on any atom is 0.0745 e. The van der Waals surface area contributed by atoms with Gasteiger partial charge >= 0.3 is 0 Å². The predicted octanol–water partition coefficient (Wildman–Crippen LogP) is 4.36. The molecule has 0 saturated heterocycles. The number of aliphatic hydroxyl groups is 1. The van der Waals surface area contributed by atoms with Crippen molar-refractivity contribution in [2.24, 2.45) is 0 Å². The highest BCUT2D eigenvalue weighted by Gasteiger charge is 2.09. The molecule has 1 unspecified atom stereocenters. The molecule has 0 aromatic heterocycles. The highest BCUT2D eigenvalue weighted by Crippen LogP contribution is 2.22. The summed E-state index contributed by atoms with van der Waals surface area (Å²) in [5.41, 5.74) is 2.05. The summed E-state index contributed by atoms with van der Waals surface area (Å²) >= 11 is 6.80. The third-order valence-electron chi connectivity index (χ3n) is 2.64. The normalized spacial score (nSPS) is 12.2. The van der Waals surface area contributed by atoms with Crippen LogP contribution >= 0.6 is 31.9 Å². The van der Waals surface area contributed by atoms with Crippen LogP contribution in [0.1, 0.15) is 11.6 Å². The van der Waals surface area contributed by atoms with Gasteiger partial charge in [-0.25, -0.2) is 0 Å². The van der Waals surface area contributed by atoms with E-state index in [-0.39, 0.29) is 12.6 Å². The van der Waals surface area contributed by atoms with Crippen molar-refractivity contribution >= 4 is 37.5 Å². The van der Waals surface area contributed by atoms with Gasteiger partial charge in [0.25, 0.3) is 0 Å². The predicted molar refractivity (Wildman–Crippen MR) is 81.7 cm³/mol. The Balaban J connectivity index is 2.14. The second-order valence-electron chi connectivity index (χ2n) is 3.94. The van der Waals surface area contributed by atoms with Crippen LogP contribution in [0.3, 0.4) is 0 Å². The molecule has 0 heterocycles. The van der Waals surface area contributed by atoms with Gasteiger partial charge in [-0.2, -0.15) is 0 Å². The Bertz CT molecular complexity index is 496.